The monoisotopic (exact) mass is 251 g/mol. The summed E-state index contributed by atoms with van der Waals surface area (Å²) in [6.45, 7) is 5.78. The molecule has 0 radical (unpaired) electrons. The van der Waals surface area contributed by atoms with Crippen molar-refractivity contribution in [2.24, 2.45) is 0 Å². The van der Waals surface area contributed by atoms with Crippen molar-refractivity contribution in [3.05, 3.63) is 22.8 Å². The molecule has 0 atom stereocenters. The third-order valence-electron chi connectivity index (χ3n) is 3.26. The highest BCUT2D eigenvalue weighted by Crippen LogP contribution is 2.33. The number of anilines is 1. The average molecular weight is 251 g/mol. The van der Waals surface area contributed by atoms with Crippen molar-refractivity contribution >= 4 is 11.6 Å². The molecule has 0 aliphatic carbocycles. The Hall–Kier alpha value is -1.55. The Morgan fingerprint density at radius 2 is 1.94 bits per heavy atom. The molecule has 0 saturated carbocycles. The fourth-order valence-corrected chi connectivity index (χ4v) is 2.10. The number of hydrogen-bond donors (Lipinski definition) is 1. The van der Waals surface area contributed by atoms with Gasteiger partial charge in [-0.3, -0.25) is 4.79 Å². The largest absolute Gasteiger partial charge is 0.496 e. The molecule has 1 N–H and O–H groups in total. The van der Waals surface area contributed by atoms with Gasteiger partial charge in [0.25, 0.3) is 0 Å². The molecule has 0 spiro atoms. The predicted molar refractivity (Wildman–Crippen MR) is 72.3 cm³/mol. The van der Waals surface area contributed by atoms with E-state index in [-0.39, 0.29) is 18.9 Å². The number of amides is 1. The molecule has 100 valence electrons. The number of benzene rings is 1. The molecule has 18 heavy (non-hydrogen) atoms. The van der Waals surface area contributed by atoms with Crippen molar-refractivity contribution in [2.45, 2.75) is 27.2 Å². The zero-order valence-corrected chi connectivity index (χ0v) is 11.7. The van der Waals surface area contributed by atoms with Crippen LogP contribution in [0, 0.1) is 20.8 Å². The lowest BCUT2D eigenvalue weighted by atomic mass is 10.0. The number of hydrogen-bond acceptors (Lipinski definition) is 3. The molecular formula is C14H21NO3. The fraction of sp³-hybridized carbons (Fsp3) is 0.500. The van der Waals surface area contributed by atoms with Crippen LogP contribution in [0.2, 0.25) is 0 Å². The minimum Gasteiger partial charge on any atom is -0.496 e. The SMILES string of the molecule is COc1c(C)cc(N(C)C(=O)CCO)c(C)c1C. The summed E-state index contributed by atoms with van der Waals surface area (Å²) in [5, 5.41) is 8.83. The molecule has 4 heteroatoms. The Labute approximate surface area is 108 Å². The molecule has 1 rings (SSSR count). The summed E-state index contributed by atoms with van der Waals surface area (Å²) in [4.78, 5) is 13.4. The van der Waals surface area contributed by atoms with Gasteiger partial charge in [0.2, 0.25) is 5.91 Å². The van der Waals surface area contributed by atoms with Crippen LogP contribution in [-0.2, 0) is 4.79 Å². The van der Waals surface area contributed by atoms with Crippen LogP contribution in [0.4, 0.5) is 5.69 Å². The number of carbonyl (C=O) groups excluding carboxylic acids is 1. The first-order valence-electron chi connectivity index (χ1n) is 5.96. The minimum absolute atomic E-state index is 0.0930. The van der Waals surface area contributed by atoms with Crippen molar-refractivity contribution in [1.82, 2.24) is 0 Å². The molecule has 0 aliphatic rings. The van der Waals surface area contributed by atoms with Crippen LogP contribution in [0.5, 0.6) is 5.75 Å². The summed E-state index contributed by atoms with van der Waals surface area (Å²) in [6, 6.07) is 1.94. The van der Waals surface area contributed by atoms with Gasteiger partial charge < -0.3 is 14.7 Å². The van der Waals surface area contributed by atoms with E-state index >= 15 is 0 Å². The molecule has 0 aromatic heterocycles. The normalized spacial score (nSPS) is 10.3. The third kappa shape index (κ3) is 2.64. The van der Waals surface area contributed by atoms with Gasteiger partial charge in [0.05, 0.1) is 20.1 Å². The number of carbonyl (C=O) groups is 1. The Morgan fingerprint density at radius 1 is 1.33 bits per heavy atom. The standard InChI is InChI=1S/C14H21NO3/c1-9-8-12(15(4)13(17)6-7-16)10(2)11(3)14(9)18-5/h8,16H,6-7H2,1-5H3. The van der Waals surface area contributed by atoms with E-state index in [1.165, 1.54) is 0 Å². The van der Waals surface area contributed by atoms with Gasteiger partial charge in [-0.2, -0.15) is 0 Å². The molecule has 0 heterocycles. The molecule has 0 unspecified atom stereocenters. The highest BCUT2D eigenvalue weighted by molar-refractivity contribution is 5.94. The van der Waals surface area contributed by atoms with Gasteiger partial charge in [0.1, 0.15) is 5.75 Å². The van der Waals surface area contributed by atoms with E-state index in [0.29, 0.717) is 0 Å². The average Bonchev–Trinajstić information content (AvgIpc) is 2.34. The number of nitrogens with zero attached hydrogens (tertiary/aromatic N) is 1. The van der Waals surface area contributed by atoms with E-state index in [0.717, 1.165) is 28.1 Å². The predicted octanol–water partition coefficient (Wildman–Crippen LogP) is 1.97. The molecule has 0 aliphatic heterocycles. The minimum atomic E-state index is -0.129. The number of ether oxygens (including phenoxy) is 1. The number of rotatable bonds is 4. The smallest absolute Gasteiger partial charge is 0.229 e. The van der Waals surface area contributed by atoms with Gasteiger partial charge in [-0.1, -0.05) is 0 Å². The number of aryl methyl sites for hydroxylation is 1. The Balaban J connectivity index is 3.22. The maximum absolute atomic E-state index is 11.8. The van der Waals surface area contributed by atoms with Crippen molar-refractivity contribution in [3.8, 4) is 5.75 Å². The van der Waals surface area contributed by atoms with E-state index in [9.17, 15) is 4.79 Å². The van der Waals surface area contributed by atoms with E-state index in [2.05, 4.69) is 0 Å². The van der Waals surface area contributed by atoms with Crippen LogP contribution in [-0.4, -0.2) is 31.8 Å². The summed E-state index contributed by atoms with van der Waals surface area (Å²) in [6.07, 6.45) is 0.139. The Bertz CT molecular complexity index is 455. The quantitative estimate of drug-likeness (QED) is 0.890. The third-order valence-corrected chi connectivity index (χ3v) is 3.26. The summed E-state index contributed by atoms with van der Waals surface area (Å²) >= 11 is 0. The lowest BCUT2D eigenvalue weighted by Gasteiger charge is -2.23. The van der Waals surface area contributed by atoms with E-state index in [1.54, 1.807) is 19.1 Å². The van der Waals surface area contributed by atoms with Gasteiger partial charge in [-0.05, 0) is 43.5 Å². The van der Waals surface area contributed by atoms with Crippen molar-refractivity contribution in [2.75, 3.05) is 25.7 Å². The van der Waals surface area contributed by atoms with Gasteiger partial charge in [-0.25, -0.2) is 0 Å². The molecule has 0 bridgehead atoms. The fourth-order valence-electron chi connectivity index (χ4n) is 2.10. The Kier molecular flexibility index (Phi) is 4.73. The lowest BCUT2D eigenvalue weighted by Crippen LogP contribution is -2.27. The summed E-state index contributed by atoms with van der Waals surface area (Å²) < 4.78 is 5.36. The van der Waals surface area contributed by atoms with Crippen LogP contribution in [0.3, 0.4) is 0 Å². The number of aliphatic hydroxyl groups is 1. The van der Waals surface area contributed by atoms with Gasteiger partial charge in [-0.15, -0.1) is 0 Å². The van der Waals surface area contributed by atoms with Crippen LogP contribution >= 0.6 is 0 Å². The van der Waals surface area contributed by atoms with Gasteiger partial charge >= 0.3 is 0 Å². The van der Waals surface area contributed by atoms with E-state index in [1.807, 2.05) is 26.8 Å². The second-order valence-corrected chi connectivity index (χ2v) is 4.42. The Morgan fingerprint density at radius 3 is 2.44 bits per heavy atom. The first kappa shape index (κ1) is 14.5. The van der Waals surface area contributed by atoms with Gasteiger partial charge in [0.15, 0.2) is 0 Å². The molecule has 1 aromatic carbocycles. The highest BCUT2D eigenvalue weighted by atomic mass is 16.5. The molecular weight excluding hydrogens is 230 g/mol. The van der Waals surface area contributed by atoms with Crippen LogP contribution in [0.15, 0.2) is 6.07 Å². The molecule has 0 fully saturated rings. The zero-order chi connectivity index (χ0) is 13.9. The van der Waals surface area contributed by atoms with Crippen molar-refractivity contribution < 1.29 is 14.6 Å². The second-order valence-electron chi connectivity index (χ2n) is 4.42. The molecule has 4 nitrogen and oxygen atoms in total. The van der Waals surface area contributed by atoms with Crippen molar-refractivity contribution in [1.29, 1.82) is 0 Å². The van der Waals surface area contributed by atoms with Gasteiger partial charge in [0, 0.05) is 12.7 Å². The van der Waals surface area contributed by atoms with E-state index < -0.39 is 0 Å². The molecule has 1 aromatic rings. The van der Waals surface area contributed by atoms with Crippen LogP contribution in [0.1, 0.15) is 23.1 Å². The number of aliphatic hydroxyl groups excluding tert-OH is 1. The summed E-state index contributed by atoms with van der Waals surface area (Å²) in [7, 11) is 3.38. The summed E-state index contributed by atoms with van der Waals surface area (Å²) in [5.41, 5.74) is 3.92. The maximum atomic E-state index is 11.8. The van der Waals surface area contributed by atoms with Crippen molar-refractivity contribution in [3.63, 3.8) is 0 Å². The highest BCUT2D eigenvalue weighted by Gasteiger charge is 2.17. The zero-order valence-electron chi connectivity index (χ0n) is 11.7. The number of methoxy groups -OCH3 is 1. The summed E-state index contributed by atoms with van der Waals surface area (Å²) in [5.74, 6) is 0.767. The topological polar surface area (TPSA) is 49.8 Å². The maximum Gasteiger partial charge on any atom is 0.229 e. The van der Waals surface area contributed by atoms with Crippen LogP contribution in [0.25, 0.3) is 0 Å². The first-order chi connectivity index (χ1) is 8.43. The van der Waals surface area contributed by atoms with E-state index in [4.69, 9.17) is 9.84 Å². The lowest BCUT2D eigenvalue weighted by molar-refractivity contribution is -0.118. The van der Waals surface area contributed by atoms with Crippen LogP contribution < -0.4 is 9.64 Å². The first-order valence-corrected chi connectivity index (χ1v) is 5.96. The molecule has 1 amide bonds. The second kappa shape index (κ2) is 5.87. The molecule has 0 saturated heterocycles.